The van der Waals surface area contributed by atoms with Crippen LogP contribution in [0.1, 0.15) is 24.8 Å². The van der Waals surface area contributed by atoms with Gasteiger partial charge >= 0.3 is 0 Å². The highest BCUT2D eigenvalue weighted by atomic mass is 16.1. The highest BCUT2D eigenvalue weighted by molar-refractivity contribution is 5.76. The molecule has 1 aliphatic rings. The van der Waals surface area contributed by atoms with E-state index in [1.54, 1.807) is 17.1 Å². The molecule has 5 heteroatoms. The molecule has 0 saturated carbocycles. The molecule has 2 aromatic heterocycles. The van der Waals surface area contributed by atoms with Crippen molar-refractivity contribution >= 4 is 5.91 Å². The third kappa shape index (κ3) is 3.37. The van der Waals surface area contributed by atoms with Gasteiger partial charge in [0.25, 0.3) is 0 Å². The van der Waals surface area contributed by atoms with E-state index in [-0.39, 0.29) is 5.91 Å². The molecule has 5 nitrogen and oxygen atoms in total. The SMILES string of the molecule is O=C(C[C@@H]1C=CCC1)NCc1cccnc1-n1cccn1. The Morgan fingerprint density at radius 2 is 2.33 bits per heavy atom. The van der Waals surface area contributed by atoms with Gasteiger partial charge in [-0.05, 0) is 30.9 Å². The molecule has 3 rings (SSSR count). The van der Waals surface area contributed by atoms with Gasteiger partial charge in [-0.1, -0.05) is 18.2 Å². The highest BCUT2D eigenvalue weighted by Crippen LogP contribution is 2.20. The normalized spacial score (nSPS) is 17.0. The fourth-order valence-corrected chi connectivity index (χ4v) is 2.54. The predicted molar refractivity (Wildman–Crippen MR) is 79.7 cm³/mol. The van der Waals surface area contributed by atoms with E-state index in [0.29, 0.717) is 18.9 Å². The van der Waals surface area contributed by atoms with E-state index in [0.717, 1.165) is 24.2 Å². The van der Waals surface area contributed by atoms with Crippen LogP contribution in [0.4, 0.5) is 0 Å². The number of allylic oxidation sites excluding steroid dienone is 2. The van der Waals surface area contributed by atoms with Crippen molar-refractivity contribution in [3.05, 3.63) is 54.5 Å². The van der Waals surface area contributed by atoms with E-state index in [1.807, 2.05) is 24.4 Å². The number of pyridine rings is 1. The van der Waals surface area contributed by atoms with Gasteiger partial charge in [-0.2, -0.15) is 5.10 Å². The lowest BCUT2D eigenvalue weighted by atomic mass is 10.1. The van der Waals surface area contributed by atoms with Crippen LogP contribution < -0.4 is 5.32 Å². The molecule has 0 bridgehead atoms. The summed E-state index contributed by atoms with van der Waals surface area (Å²) in [5.41, 5.74) is 0.955. The second kappa shape index (κ2) is 6.35. The Kier molecular flexibility index (Phi) is 4.09. The standard InChI is InChI=1S/C16H18N4O/c21-15(11-13-5-1-2-6-13)18-12-14-7-3-8-17-16(14)20-10-4-9-19-20/h1,3-5,7-10,13H,2,6,11-12H2,(H,18,21)/t13-/m1/s1. The van der Waals surface area contributed by atoms with Crippen LogP contribution in [0, 0.1) is 5.92 Å². The Morgan fingerprint density at radius 3 is 3.10 bits per heavy atom. The van der Waals surface area contributed by atoms with Crippen molar-refractivity contribution in [1.82, 2.24) is 20.1 Å². The number of hydrogen-bond acceptors (Lipinski definition) is 3. The molecule has 1 amide bonds. The van der Waals surface area contributed by atoms with E-state index >= 15 is 0 Å². The summed E-state index contributed by atoms with van der Waals surface area (Å²) < 4.78 is 1.71. The van der Waals surface area contributed by atoms with Crippen molar-refractivity contribution in [2.45, 2.75) is 25.8 Å². The third-order valence-electron chi connectivity index (χ3n) is 3.62. The van der Waals surface area contributed by atoms with Gasteiger partial charge in [-0.15, -0.1) is 0 Å². The van der Waals surface area contributed by atoms with Gasteiger partial charge < -0.3 is 5.32 Å². The number of carbonyl (C=O) groups excluding carboxylic acids is 1. The minimum Gasteiger partial charge on any atom is -0.352 e. The fraction of sp³-hybridized carbons (Fsp3) is 0.312. The number of nitrogens with zero attached hydrogens (tertiary/aromatic N) is 3. The van der Waals surface area contributed by atoms with Crippen molar-refractivity contribution in [3.63, 3.8) is 0 Å². The van der Waals surface area contributed by atoms with E-state index in [2.05, 4.69) is 27.6 Å². The van der Waals surface area contributed by atoms with Gasteiger partial charge in [0.1, 0.15) is 0 Å². The van der Waals surface area contributed by atoms with Gasteiger partial charge in [0.05, 0.1) is 0 Å². The summed E-state index contributed by atoms with van der Waals surface area (Å²) >= 11 is 0. The summed E-state index contributed by atoms with van der Waals surface area (Å²) in [4.78, 5) is 16.3. The maximum absolute atomic E-state index is 12.0. The summed E-state index contributed by atoms with van der Waals surface area (Å²) in [6.07, 6.45) is 12.3. The van der Waals surface area contributed by atoms with Crippen molar-refractivity contribution in [3.8, 4) is 5.82 Å². The average molecular weight is 282 g/mol. The molecule has 108 valence electrons. The molecule has 0 spiro atoms. The predicted octanol–water partition coefficient (Wildman–Crippen LogP) is 2.24. The molecule has 0 saturated heterocycles. The smallest absolute Gasteiger partial charge is 0.220 e. The van der Waals surface area contributed by atoms with Crippen LogP contribution in [0.2, 0.25) is 0 Å². The topological polar surface area (TPSA) is 59.8 Å². The summed E-state index contributed by atoms with van der Waals surface area (Å²) in [7, 11) is 0. The van der Waals surface area contributed by atoms with Gasteiger partial charge in [0, 0.05) is 37.1 Å². The molecular formula is C16H18N4O. The zero-order valence-corrected chi connectivity index (χ0v) is 11.8. The zero-order chi connectivity index (χ0) is 14.5. The van der Waals surface area contributed by atoms with Gasteiger partial charge in [-0.25, -0.2) is 9.67 Å². The summed E-state index contributed by atoms with van der Waals surface area (Å²) in [5.74, 6) is 1.23. The molecule has 2 aromatic rings. The van der Waals surface area contributed by atoms with Crippen molar-refractivity contribution in [2.75, 3.05) is 0 Å². The minimum atomic E-state index is 0.0850. The van der Waals surface area contributed by atoms with Crippen LogP contribution in [0.25, 0.3) is 5.82 Å². The number of amides is 1. The van der Waals surface area contributed by atoms with Crippen LogP contribution in [-0.2, 0) is 11.3 Å². The number of nitrogens with one attached hydrogen (secondary N) is 1. The Labute approximate surface area is 123 Å². The zero-order valence-electron chi connectivity index (χ0n) is 11.8. The van der Waals surface area contributed by atoms with Crippen LogP contribution >= 0.6 is 0 Å². The first kappa shape index (κ1) is 13.5. The van der Waals surface area contributed by atoms with Crippen molar-refractivity contribution in [2.24, 2.45) is 5.92 Å². The lowest BCUT2D eigenvalue weighted by Gasteiger charge is -2.11. The molecule has 0 radical (unpaired) electrons. The number of hydrogen-bond donors (Lipinski definition) is 1. The molecule has 0 fully saturated rings. The molecule has 2 heterocycles. The van der Waals surface area contributed by atoms with E-state index in [9.17, 15) is 4.79 Å². The lowest BCUT2D eigenvalue weighted by Crippen LogP contribution is -2.25. The molecule has 0 aliphatic heterocycles. The van der Waals surface area contributed by atoms with Crippen LogP contribution in [0.3, 0.4) is 0 Å². The minimum absolute atomic E-state index is 0.0850. The quantitative estimate of drug-likeness (QED) is 0.856. The van der Waals surface area contributed by atoms with Crippen LogP contribution in [-0.4, -0.2) is 20.7 Å². The first-order valence-electron chi connectivity index (χ1n) is 7.20. The highest BCUT2D eigenvalue weighted by Gasteiger charge is 2.14. The first-order valence-corrected chi connectivity index (χ1v) is 7.20. The Balaban J connectivity index is 1.62. The first-order chi connectivity index (χ1) is 10.3. The maximum Gasteiger partial charge on any atom is 0.220 e. The van der Waals surface area contributed by atoms with Crippen LogP contribution in [0.15, 0.2) is 48.9 Å². The van der Waals surface area contributed by atoms with E-state index in [1.165, 1.54) is 0 Å². The molecule has 0 unspecified atom stereocenters. The molecule has 1 N–H and O–H groups in total. The number of carbonyl (C=O) groups is 1. The van der Waals surface area contributed by atoms with E-state index in [4.69, 9.17) is 0 Å². The number of rotatable bonds is 5. The second-order valence-electron chi connectivity index (χ2n) is 5.18. The average Bonchev–Trinajstić information content (AvgIpc) is 3.18. The molecular weight excluding hydrogens is 264 g/mol. The van der Waals surface area contributed by atoms with Gasteiger partial charge in [0.2, 0.25) is 5.91 Å². The monoisotopic (exact) mass is 282 g/mol. The summed E-state index contributed by atoms with van der Waals surface area (Å²) in [6, 6.07) is 5.68. The molecule has 0 aromatic carbocycles. The fourth-order valence-electron chi connectivity index (χ4n) is 2.54. The van der Waals surface area contributed by atoms with Gasteiger partial charge in [-0.3, -0.25) is 4.79 Å². The Morgan fingerprint density at radius 1 is 1.38 bits per heavy atom. The number of aromatic nitrogens is 3. The summed E-state index contributed by atoms with van der Waals surface area (Å²) in [5, 5.41) is 7.16. The molecule has 21 heavy (non-hydrogen) atoms. The third-order valence-corrected chi connectivity index (χ3v) is 3.62. The van der Waals surface area contributed by atoms with E-state index < -0.39 is 0 Å². The maximum atomic E-state index is 12.0. The van der Waals surface area contributed by atoms with Crippen molar-refractivity contribution in [1.29, 1.82) is 0 Å². The summed E-state index contributed by atoms with van der Waals surface area (Å²) in [6.45, 7) is 0.471. The lowest BCUT2D eigenvalue weighted by molar-refractivity contribution is -0.121. The molecule has 1 atom stereocenters. The van der Waals surface area contributed by atoms with Gasteiger partial charge in [0.15, 0.2) is 5.82 Å². The Bertz CT molecular complexity index is 633. The largest absolute Gasteiger partial charge is 0.352 e. The Hall–Kier alpha value is -2.43. The van der Waals surface area contributed by atoms with Crippen molar-refractivity contribution < 1.29 is 4.79 Å². The van der Waals surface area contributed by atoms with Crippen LogP contribution in [0.5, 0.6) is 0 Å². The second-order valence-corrected chi connectivity index (χ2v) is 5.18. The molecule has 1 aliphatic carbocycles.